The topological polar surface area (TPSA) is 28.1 Å². The summed E-state index contributed by atoms with van der Waals surface area (Å²) in [6.07, 6.45) is 14.6. The molecule has 6 heteroatoms. The molecule has 0 aliphatic carbocycles. The highest BCUT2D eigenvalue weighted by Crippen LogP contribution is 2.20. The van der Waals surface area contributed by atoms with Crippen LogP contribution in [0.15, 0.2) is 82.4 Å². The molecule has 2 rings (SSSR count). The fourth-order valence-electron chi connectivity index (χ4n) is 4.01. The normalized spacial score (nSPS) is 15.2. The number of hydrogen-bond donors (Lipinski definition) is 0. The fourth-order valence-corrected chi connectivity index (χ4v) is 4.74. The fraction of sp³-hybridized carbons (Fsp3) is 0.452. The molecule has 1 aromatic carbocycles. The average molecular weight is 575 g/mol. The third-order valence-electron chi connectivity index (χ3n) is 6.26. The lowest BCUT2D eigenvalue weighted by Gasteiger charge is -2.17. The van der Waals surface area contributed by atoms with Crippen LogP contribution in [-0.4, -0.2) is 49.4 Å². The van der Waals surface area contributed by atoms with Gasteiger partial charge in [-0.25, -0.2) is 4.39 Å². The van der Waals surface area contributed by atoms with Crippen LogP contribution in [0.2, 0.25) is 0 Å². The summed E-state index contributed by atoms with van der Waals surface area (Å²) in [4.78, 5) is 8.54. The second-order valence-corrected chi connectivity index (χ2v) is 10.2. The summed E-state index contributed by atoms with van der Waals surface area (Å²) < 4.78 is 20.0. The van der Waals surface area contributed by atoms with E-state index in [9.17, 15) is 4.39 Å². The highest BCUT2D eigenvalue weighted by Gasteiger charge is 2.10. The van der Waals surface area contributed by atoms with Gasteiger partial charge in [-0.2, -0.15) is 0 Å². The Morgan fingerprint density at radius 2 is 1.89 bits per heavy atom. The number of ether oxygens (including phenoxy) is 1. The van der Waals surface area contributed by atoms with Crippen LogP contribution in [0, 0.1) is 12.7 Å². The predicted molar refractivity (Wildman–Crippen MR) is 161 cm³/mol. The van der Waals surface area contributed by atoms with E-state index in [1.165, 1.54) is 56.8 Å². The lowest BCUT2D eigenvalue weighted by Crippen LogP contribution is -2.25. The maximum absolute atomic E-state index is 13.8. The molecular formula is C31H45BrFN3O. The first kappa shape index (κ1) is 32.6. The lowest BCUT2D eigenvalue weighted by molar-refractivity contribution is 0.323. The van der Waals surface area contributed by atoms with Crippen LogP contribution in [0.5, 0.6) is 0 Å². The Labute approximate surface area is 233 Å². The summed E-state index contributed by atoms with van der Waals surface area (Å²) >= 11 is 3.55. The van der Waals surface area contributed by atoms with E-state index in [0.29, 0.717) is 6.42 Å². The smallest absolute Gasteiger partial charge is 0.126 e. The summed E-state index contributed by atoms with van der Waals surface area (Å²) in [5, 5.41) is 0. The van der Waals surface area contributed by atoms with Gasteiger partial charge in [0.2, 0.25) is 0 Å². The van der Waals surface area contributed by atoms with Gasteiger partial charge in [-0.3, -0.25) is 4.99 Å². The molecule has 1 heterocycles. The predicted octanol–water partition coefficient (Wildman–Crippen LogP) is 8.32. The Morgan fingerprint density at radius 1 is 1.19 bits per heavy atom. The van der Waals surface area contributed by atoms with Gasteiger partial charge in [-0.05, 0) is 121 Å². The zero-order valence-electron chi connectivity index (χ0n) is 23.4. The molecule has 0 bridgehead atoms. The summed E-state index contributed by atoms with van der Waals surface area (Å²) in [6.45, 7) is 20.0. The van der Waals surface area contributed by atoms with Crippen molar-refractivity contribution in [3.8, 4) is 0 Å². The molecule has 0 atom stereocenters. The van der Waals surface area contributed by atoms with Gasteiger partial charge in [0.1, 0.15) is 11.6 Å². The largest absolute Gasteiger partial charge is 0.470 e. The molecular weight excluding hydrogens is 529 g/mol. The number of rotatable bonds is 13. The molecule has 0 radical (unpaired) electrons. The SMILES string of the molecule is C=CN(C=NC)CCCN1CCCC1.C=CO/C(C)=C(C)/C=C(Br)\C=C(/C)CCc1c(C)cccc1F. The molecule has 37 heavy (non-hydrogen) atoms. The van der Waals surface area contributed by atoms with Gasteiger partial charge in [0.05, 0.1) is 12.6 Å². The van der Waals surface area contributed by atoms with Crippen LogP contribution in [0.4, 0.5) is 4.39 Å². The second-order valence-electron chi connectivity index (χ2n) is 9.28. The van der Waals surface area contributed by atoms with Gasteiger partial charge in [-0.15, -0.1) is 0 Å². The number of nitrogens with zero attached hydrogens (tertiary/aromatic N) is 3. The van der Waals surface area contributed by atoms with Crippen molar-refractivity contribution in [1.82, 2.24) is 9.80 Å². The number of aryl methyl sites for hydroxylation is 1. The quantitative estimate of drug-likeness (QED) is 0.103. The first-order chi connectivity index (χ1) is 17.7. The van der Waals surface area contributed by atoms with Crippen LogP contribution >= 0.6 is 15.9 Å². The average Bonchev–Trinajstić information content (AvgIpc) is 3.37. The number of benzene rings is 1. The van der Waals surface area contributed by atoms with Crippen molar-refractivity contribution in [2.45, 2.75) is 59.8 Å². The van der Waals surface area contributed by atoms with Gasteiger partial charge in [0.25, 0.3) is 0 Å². The van der Waals surface area contributed by atoms with Gasteiger partial charge in [0.15, 0.2) is 0 Å². The summed E-state index contributed by atoms with van der Waals surface area (Å²) in [5.41, 5.74) is 4.01. The molecule has 1 saturated heterocycles. The molecule has 1 aliphatic rings. The van der Waals surface area contributed by atoms with E-state index in [1.807, 2.05) is 50.4 Å². The monoisotopic (exact) mass is 573 g/mol. The van der Waals surface area contributed by atoms with E-state index in [1.54, 1.807) is 13.1 Å². The Morgan fingerprint density at radius 3 is 2.49 bits per heavy atom. The number of aliphatic imine (C=N–C) groups is 1. The minimum Gasteiger partial charge on any atom is -0.470 e. The van der Waals surface area contributed by atoms with Crippen LogP contribution < -0.4 is 0 Å². The molecule has 204 valence electrons. The summed E-state index contributed by atoms with van der Waals surface area (Å²) in [6, 6.07) is 5.22. The van der Waals surface area contributed by atoms with E-state index in [2.05, 4.69) is 52.0 Å². The first-order valence-corrected chi connectivity index (χ1v) is 13.8. The standard InChI is InChI=1S/C20H24BrFO.C11H21N3/c1-6-23-17(5)16(4)13-18(21)12-14(2)10-11-19-15(3)8-7-9-20(19)22;1-3-13(11-12-2)9-6-10-14-7-4-5-8-14/h6-9,12-13H,1,10-11H2,2-5H3;3,11H,1,4-10H2,2H3/b14-12+,17-16+,18-13+;. The van der Waals surface area contributed by atoms with Crippen LogP contribution in [0.25, 0.3) is 0 Å². The van der Waals surface area contributed by atoms with Crippen molar-refractivity contribution in [3.63, 3.8) is 0 Å². The lowest BCUT2D eigenvalue weighted by atomic mass is 10.0. The second kappa shape index (κ2) is 18.8. The van der Waals surface area contributed by atoms with Crippen molar-refractivity contribution in [1.29, 1.82) is 0 Å². The third kappa shape index (κ3) is 13.6. The highest BCUT2D eigenvalue weighted by molar-refractivity contribution is 9.11. The van der Waals surface area contributed by atoms with E-state index >= 15 is 0 Å². The van der Waals surface area contributed by atoms with Crippen molar-refractivity contribution >= 4 is 22.3 Å². The van der Waals surface area contributed by atoms with Gasteiger partial charge < -0.3 is 14.5 Å². The van der Waals surface area contributed by atoms with Crippen molar-refractivity contribution in [2.24, 2.45) is 4.99 Å². The Hall–Kier alpha value is -2.44. The van der Waals surface area contributed by atoms with E-state index in [0.717, 1.165) is 39.9 Å². The van der Waals surface area contributed by atoms with Crippen LogP contribution in [-0.2, 0) is 11.2 Å². The van der Waals surface area contributed by atoms with Crippen molar-refractivity contribution in [2.75, 3.05) is 33.2 Å². The molecule has 0 amide bonds. The van der Waals surface area contributed by atoms with Crippen molar-refractivity contribution < 1.29 is 9.13 Å². The van der Waals surface area contributed by atoms with Gasteiger partial charge in [-0.1, -0.05) is 46.8 Å². The van der Waals surface area contributed by atoms with E-state index in [4.69, 9.17) is 4.74 Å². The summed E-state index contributed by atoms with van der Waals surface area (Å²) in [5.74, 6) is 0.688. The maximum atomic E-state index is 13.8. The molecule has 4 nitrogen and oxygen atoms in total. The minimum absolute atomic E-state index is 0.122. The molecule has 0 saturated carbocycles. The number of allylic oxidation sites excluding steroid dienone is 6. The van der Waals surface area contributed by atoms with E-state index < -0.39 is 0 Å². The van der Waals surface area contributed by atoms with Crippen LogP contribution in [0.1, 0.15) is 57.6 Å². The molecule has 1 aromatic rings. The van der Waals surface area contributed by atoms with Gasteiger partial charge in [0, 0.05) is 18.1 Å². The highest BCUT2D eigenvalue weighted by atomic mass is 79.9. The first-order valence-electron chi connectivity index (χ1n) is 13.0. The molecule has 0 spiro atoms. The zero-order chi connectivity index (χ0) is 27.6. The van der Waals surface area contributed by atoms with Crippen LogP contribution in [0.3, 0.4) is 0 Å². The number of hydrogen-bond acceptors (Lipinski definition) is 3. The molecule has 1 fully saturated rings. The number of halogens is 2. The maximum Gasteiger partial charge on any atom is 0.126 e. The molecule has 1 aliphatic heterocycles. The van der Waals surface area contributed by atoms with Gasteiger partial charge >= 0.3 is 0 Å². The summed E-state index contributed by atoms with van der Waals surface area (Å²) in [7, 11) is 1.79. The molecule has 0 unspecified atom stereocenters. The van der Waals surface area contributed by atoms with Crippen molar-refractivity contribution in [3.05, 3.63) is 94.3 Å². The Kier molecular flexibility index (Phi) is 16.5. The molecule has 0 N–H and O–H groups in total. The third-order valence-corrected chi connectivity index (χ3v) is 6.72. The zero-order valence-corrected chi connectivity index (χ0v) is 25.0. The minimum atomic E-state index is -0.122. The number of likely N-dealkylation sites (tertiary alicyclic amines) is 1. The Balaban J connectivity index is 0.000000417. The molecule has 0 aromatic heterocycles. The van der Waals surface area contributed by atoms with E-state index in [-0.39, 0.29) is 5.82 Å². The Bertz CT molecular complexity index is 954.